The minimum absolute atomic E-state index is 0.224. The number of nitriles is 1. The van der Waals surface area contributed by atoms with E-state index in [2.05, 4.69) is 41.2 Å². The van der Waals surface area contributed by atoms with Gasteiger partial charge in [0.15, 0.2) is 0 Å². The molecule has 1 aromatic carbocycles. The molecule has 0 amide bonds. The van der Waals surface area contributed by atoms with Crippen LogP contribution in [0.2, 0.25) is 5.02 Å². The largest absolute Gasteiger partial charge is 0.369 e. The van der Waals surface area contributed by atoms with Gasteiger partial charge in [0.1, 0.15) is 0 Å². The zero-order valence-electron chi connectivity index (χ0n) is 13.5. The van der Waals surface area contributed by atoms with Gasteiger partial charge >= 0.3 is 0 Å². The van der Waals surface area contributed by atoms with Crippen LogP contribution in [0.1, 0.15) is 25.3 Å². The summed E-state index contributed by atoms with van der Waals surface area (Å²) in [4.78, 5) is 4.76. The highest BCUT2D eigenvalue weighted by molar-refractivity contribution is 6.31. The zero-order chi connectivity index (χ0) is 15.9. The molecule has 2 rings (SSSR count). The maximum Gasteiger partial charge on any atom is 0.0638 e. The van der Waals surface area contributed by atoms with Gasteiger partial charge in [0.05, 0.1) is 12.5 Å². The molecule has 0 bridgehead atoms. The topological polar surface area (TPSA) is 42.3 Å². The van der Waals surface area contributed by atoms with Crippen LogP contribution in [0.15, 0.2) is 18.2 Å². The lowest BCUT2D eigenvalue weighted by Gasteiger charge is -2.35. The summed E-state index contributed by atoms with van der Waals surface area (Å²) in [6.45, 7) is 7.01. The van der Waals surface area contributed by atoms with E-state index in [1.54, 1.807) is 0 Å². The van der Waals surface area contributed by atoms with Crippen LogP contribution in [0, 0.1) is 11.3 Å². The Balaban J connectivity index is 2.11. The number of nitrogens with zero attached hydrogens (tertiary/aromatic N) is 3. The Kier molecular flexibility index (Phi) is 6.50. The smallest absolute Gasteiger partial charge is 0.0638 e. The summed E-state index contributed by atoms with van der Waals surface area (Å²) in [7, 11) is 2.16. The van der Waals surface area contributed by atoms with Crippen molar-refractivity contribution in [1.82, 2.24) is 10.2 Å². The highest BCUT2D eigenvalue weighted by atomic mass is 35.5. The van der Waals surface area contributed by atoms with Crippen molar-refractivity contribution in [2.45, 2.75) is 32.4 Å². The number of benzene rings is 1. The summed E-state index contributed by atoms with van der Waals surface area (Å²) in [5.41, 5.74) is 2.37. The number of anilines is 1. The first kappa shape index (κ1) is 17.1. The predicted octanol–water partition coefficient (Wildman–Crippen LogP) is 2.87. The Labute approximate surface area is 138 Å². The second-order valence-electron chi connectivity index (χ2n) is 5.88. The van der Waals surface area contributed by atoms with Crippen molar-refractivity contribution in [3.63, 3.8) is 0 Å². The molecule has 0 unspecified atom stereocenters. The SMILES string of the molecule is CC[C@H](CC#N)NCc1c(Cl)cccc1N1CCN(C)CC1. The first-order valence-electron chi connectivity index (χ1n) is 7.97. The molecule has 1 aromatic rings. The van der Waals surface area contributed by atoms with Crippen LogP contribution in [-0.2, 0) is 6.54 Å². The van der Waals surface area contributed by atoms with Crippen molar-refractivity contribution in [3.8, 4) is 6.07 Å². The molecule has 0 aliphatic carbocycles. The summed E-state index contributed by atoms with van der Waals surface area (Å²) >= 11 is 6.44. The fourth-order valence-corrected chi connectivity index (χ4v) is 3.02. The second kappa shape index (κ2) is 8.38. The Bertz CT molecular complexity index is 518. The van der Waals surface area contributed by atoms with Gasteiger partial charge in [-0.25, -0.2) is 0 Å². The molecule has 5 heteroatoms. The van der Waals surface area contributed by atoms with Gasteiger partial charge in [-0.3, -0.25) is 0 Å². The molecule has 120 valence electrons. The molecule has 0 saturated carbocycles. The van der Waals surface area contributed by atoms with E-state index in [0.717, 1.165) is 43.2 Å². The number of halogens is 1. The van der Waals surface area contributed by atoms with Crippen LogP contribution in [0.3, 0.4) is 0 Å². The standard InChI is InChI=1S/C17H25ClN4/c1-3-14(7-8-19)20-13-15-16(18)5-4-6-17(15)22-11-9-21(2)10-12-22/h4-6,14,20H,3,7,9-13H2,1-2H3/t14-/m1/s1. The fourth-order valence-electron chi connectivity index (χ4n) is 2.78. The second-order valence-corrected chi connectivity index (χ2v) is 6.28. The molecule has 0 aromatic heterocycles. The third kappa shape index (κ3) is 4.36. The number of rotatable bonds is 6. The molecule has 22 heavy (non-hydrogen) atoms. The summed E-state index contributed by atoms with van der Waals surface area (Å²) in [5, 5.41) is 13.1. The minimum atomic E-state index is 0.224. The monoisotopic (exact) mass is 320 g/mol. The first-order valence-corrected chi connectivity index (χ1v) is 8.34. The number of nitrogens with one attached hydrogen (secondary N) is 1. The van der Waals surface area contributed by atoms with Crippen LogP contribution < -0.4 is 10.2 Å². The summed E-state index contributed by atoms with van der Waals surface area (Å²) < 4.78 is 0. The quantitative estimate of drug-likeness (QED) is 0.875. The van der Waals surface area contributed by atoms with Gasteiger partial charge < -0.3 is 15.1 Å². The molecule has 1 aliphatic heterocycles. The van der Waals surface area contributed by atoms with E-state index in [0.29, 0.717) is 13.0 Å². The highest BCUT2D eigenvalue weighted by Crippen LogP contribution is 2.28. The summed E-state index contributed by atoms with van der Waals surface area (Å²) in [6, 6.07) is 8.58. The Morgan fingerprint density at radius 1 is 1.32 bits per heavy atom. The average Bonchev–Trinajstić information content (AvgIpc) is 2.53. The Hall–Kier alpha value is -1.28. The molecular weight excluding hydrogens is 296 g/mol. The molecule has 0 radical (unpaired) electrons. The van der Waals surface area contributed by atoms with Crippen molar-refractivity contribution in [3.05, 3.63) is 28.8 Å². The van der Waals surface area contributed by atoms with Gasteiger partial charge in [-0.2, -0.15) is 5.26 Å². The number of hydrogen-bond donors (Lipinski definition) is 1. The molecular formula is C17H25ClN4. The maximum atomic E-state index is 8.87. The molecule has 4 nitrogen and oxygen atoms in total. The third-order valence-electron chi connectivity index (χ3n) is 4.34. The highest BCUT2D eigenvalue weighted by Gasteiger charge is 2.18. The molecule has 1 N–H and O–H groups in total. The lowest BCUT2D eigenvalue weighted by molar-refractivity contribution is 0.312. The molecule has 1 heterocycles. The average molecular weight is 321 g/mol. The molecule has 1 atom stereocenters. The van der Waals surface area contributed by atoms with Crippen LogP contribution >= 0.6 is 11.6 Å². The predicted molar refractivity (Wildman–Crippen MR) is 92.3 cm³/mol. The maximum absolute atomic E-state index is 8.87. The number of hydrogen-bond acceptors (Lipinski definition) is 4. The lowest BCUT2D eigenvalue weighted by atomic mass is 10.1. The Morgan fingerprint density at radius 3 is 2.68 bits per heavy atom. The van der Waals surface area contributed by atoms with Gasteiger partial charge in [0.2, 0.25) is 0 Å². The van der Waals surface area contributed by atoms with Crippen LogP contribution in [0.5, 0.6) is 0 Å². The molecule has 1 aliphatic rings. The zero-order valence-corrected chi connectivity index (χ0v) is 14.2. The van der Waals surface area contributed by atoms with E-state index in [4.69, 9.17) is 16.9 Å². The van der Waals surface area contributed by atoms with E-state index >= 15 is 0 Å². The van der Waals surface area contributed by atoms with Gasteiger partial charge in [0.25, 0.3) is 0 Å². The molecule has 1 saturated heterocycles. The minimum Gasteiger partial charge on any atom is -0.369 e. The lowest BCUT2D eigenvalue weighted by Crippen LogP contribution is -2.45. The van der Waals surface area contributed by atoms with Gasteiger partial charge in [-0.15, -0.1) is 0 Å². The molecule has 0 spiro atoms. The summed E-state index contributed by atoms with van der Waals surface area (Å²) in [6.07, 6.45) is 1.48. The van der Waals surface area contributed by atoms with E-state index in [9.17, 15) is 0 Å². The van der Waals surface area contributed by atoms with Crippen LogP contribution in [0.25, 0.3) is 0 Å². The molecule has 1 fully saturated rings. The van der Waals surface area contributed by atoms with Gasteiger partial charge in [-0.1, -0.05) is 24.6 Å². The normalized spacial score (nSPS) is 17.3. The van der Waals surface area contributed by atoms with E-state index in [1.807, 2.05) is 12.1 Å². The van der Waals surface area contributed by atoms with E-state index in [-0.39, 0.29) is 6.04 Å². The summed E-state index contributed by atoms with van der Waals surface area (Å²) in [5.74, 6) is 0. The van der Waals surface area contributed by atoms with Crippen molar-refractivity contribution in [2.75, 3.05) is 38.1 Å². The van der Waals surface area contributed by atoms with Crippen molar-refractivity contribution < 1.29 is 0 Å². The van der Waals surface area contributed by atoms with Gasteiger partial charge in [-0.05, 0) is 25.6 Å². The van der Waals surface area contributed by atoms with Crippen LogP contribution in [0.4, 0.5) is 5.69 Å². The third-order valence-corrected chi connectivity index (χ3v) is 4.69. The van der Waals surface area contributed by atoms with Crippen molar-refractivity contribution in [1.29, 1.82) is 5.26 Å². The van der Waals surface area contributed by atoms with Crippen molar-refractivity contribution in [2.24, 2.45) is 0 Å². The fraction of sp³-hybridized carbons (Fsp3) is 0.588. The van der Waals surface area contributed by atoms with Crippen LogP contribution in [-0.4, -0.2) is 44.2 Å². The Morgan fingerprint density at radius 2 is 2.05 bits per heavy atom. The van der Waals surface area contributed by atoms with E-state index < -0.39 is 0 Å². The number of likely N-dealkylation sites (N-methyl/N-ethyl adjacent to an activating group) is 1. The number of piperazine rings is 1. The van der Waals surface area contributed by atoms with Gasteiger partial charge in [0, 0.05) is 55.0 Å². The first-order chi connectivity index (χ1) is 10.7. The van der Waals surface area contributed by atoms with Crippen molar-refractivity contribution >= 4 is 17.3 Å². The van der Waals surface area contributed by atoms with E-state index in [1.165, 1.54) is 5.69 Å².